The van der Waals surface area contributed by atoms with Crippen LogP contribution in [0, 0.1) is 5.92 Å². The van der Waals surface area contributed by atoms with E-state index in [1.54, 1.807) is 22.8 Å². The maximum absolute atomic E-state index is 12.3. The van der Waals surface area contributed by atoms with Gasteiger partial charge in [0.2, 0.25) is 0 Å². The van der Waals surface area contributed by atoms with Crippen molar-refractivity contribution in [1.29, 1.82) is 0 Å². The molecule has 1 aromatic carbocycles. The maximum Gasteiger partial charge on any atom is 0.338 e. The summed E-state index contributed by atoms with van der Waals surface area (Å²) < 4.78 is 7.18. The van der Waals surface area contributed by atoms with E-state index < -0.39 is 0 Å². The van der Waals surface area contributed by atoms with Gasteiger partial charge in [-0.1, -0.05) is 41.4 Å². The van der Waals surface area contributed by atoms with Crippen molar-refractivity contribution in [3.05, 3.63) is 63.5 Å². The predicted molar refractivity (Wildman–Crippen MR) is 97.8 cm³/mol. The average molecular weight is 388 g/mol. The summed E-state index contributed by atoms with van der Waals surface area (Å²) in [7, 11) is 0. The minimum Gasteiger partial charge on any atom is -0.462 e. The van der Waals surface area contributed by atoms with Crippen LogP contribution in [-0.2, 0) is 16.6 Å². The molecule has 5 nitrogen and oxygen atoms in total. The van der Waals surface area contributed by atoms with Crippen LogP contribution in [0.1, 0.15) is 34.5 Å². The number of halogens is 2. The SMILES string of the molecule is O=C(OCC1Cc2c(nc3c(Cl)cnn3c2Cl)C12CC2)c1ccccc1. The van der Waals surface area contributed by atoms with Crippen molar-refractivity contribution < 1.29 is 9.53 Å². The van der Waals surface area contributed by atoms with Gasteiger partial charge in [-0.2, -0.15) is 5.10 Å². The van der Waals surface area contributed by atoms with E-state index in [1.165, 1.54) is 0 Å². The number of carbonyl (C=O) groups excluding carboxylic acids is 1. The lowest BCUT2D eigenvalue weighted by molar-refractivity contribution is 0.0419. The molecule has 2 aliphatic rings. The van der Waals surface area contributed by atoms with E-state index in [1.807, 2.05) is 18.2 Å². The first-order valence-corrected chi connectivity index (χ1v) is 9.30. The number of hydrogen-bond donors (Lipinski definition) is 0. The van der Waals surface area contributed by atoms with Gasteiger partial charge in [-0.25, -0.2) is 14.3 Å². The highest BCUT2D eigenvalue weighted by Crippen LogP contribution is 2.60. The predicted octanol–water partition coefficient (Wildman–Crippen LogP) is 4.10. The Kier molecular flexibility index (Phi) is 3.52. The Morgan fingerprint density at radius 2 is 2.04 bits per heavy atom. The van der Waals surface area contributed by atoms with Gasteiger partial charge in [0, 0.05) is 16.9 Å². The molecule has 0 aliphatic heterocycles. The van der Waals surface area contributed by atoms with Gasteiger partial charge >= 0.3 is 5.97 Å². The van der Waals surface area contributed by atoms with Crippen molar-refractivity contribution in [2.45, 2.75) is 24.7 Å². The topological polar surface area (TPSA) is 56.5 Å². The molecule has 0 saturated heterocycles. The van der Waals surface area contributed by atoms with Gasteiger partial charge in [0.1, 0.15) is 10.2 Å². The lowest BCUT2D eigenvalue weighted by Gasteiger charge is -2.18. The second kappa shape index (κ2) is 5.69. The largest absolute Gasteiger partial charge is 0.462 e. The monoisotopic (exact) mass is 387 g/mol. The molecule has 3 aromatic rings. The molecule has 0 amide bonds. The zero-order valence-electron chi connectivity index (χ0n) is 13.8. The minimum atomic E-state index is -0.297. The highest BCUT2D eigenvalue weighted by molar-refractivity contribution is 6.34. The average Bonchev–Trinajstić information content (AvgIpc) is 3.29. The third-order valence-corrected chi connectivity index (χ3v) is 6.21. The molecule has 1 atom stereocenters. The molecule has 1 saturated carbocycles. The Labute approximate surface area is 159 Å². The quantitative estimate of drug-likeness (QED) is 0.501. The molecule has 2 aromatic heterocycles. The third-order valence-electron chi connectivity index (χ3n) is 5.56. The fraction of sp³-hybridized carbons (Fsp3) is 0.316. The number of carbonyl (C=O) groups is 1. The lowest BCUT2D eigenvalue weighted by atomic mass is 9.92. The van der Waals surface area contributed by atoms with Crippen LogP contribution in [-0.4, -0.2) is 27.2 Å². The van der Waals surface area contributed by atoms with Gasteiger partial charge in [-0.05, 0) is 31.4 Å². The van der Waals surface area contributed by atoms with Crippen molar-refractivity contribution in [3.8, 4) is 0 Å². The summed E-state index contributed by atoms with van der Waals surface area (Å²) in [6.45, 7) is 0.358. The fourth-order valence-corrected chi connectivity index (χ4v) is 4.48. The molecule has 0 N–H and O–H groups in total. The Morgan fingerprint density at radius 3 is 2.77 bits per heavy atom. The normalized spacial score (nSPS) is 19.7. The lowest BCUT2D eigenvalue weighted by Crippen LogP contribution is -2.23. The summed E-state index contributed by atoms with van der Waals surface area (Å²) in [6.07, 6.45) is 4.35. The number of benzene rings is 1. The Morgan fingerprint density at radius 1 is 1.27 bits per heavy atom. The summed E-state index contributed by atoms with van der Waals surface area (Å²) in [6, 6.07) is 9.04. The summed E-state index contributed by atoms with van der Waals surface area (Å²) in [5.41, 5.74) is 3.10. The highest BCUT2D eigenvalue weighted by Gasteiger charge is 2.58. The Hall–Kier alpha value is -2.11. The van der Waals surface area contributed by atoms with Crippen LogP contribution >= 0.6 is 23.2 Å². The van der Waals surface area contributed by atoms with Crippen LogP contribution in [0.25, 0.3) is 5.65 Å². The molecule has 2 aliphatic carbocycles. The van der Waals surface area contributed by atoms with Gasteiger partial charge in [0.25, 0.3) is 0 Å². The second-order valence-electron chi connectivity index (χ2n) is 6.98. The molecule has 26 heavy (non-hydrogen) atoms. The third kappa shape index (κ3) is 2.27. The number of rotatable bonds is 3. The summed E-state index contributed by atoms with van der Waals surface area (Å²) >= 11 is 12.8. The van der Waals surface area contributed by atoms with Crippen LogP contribution in [0.4, 0.5) is 0 Å². The van der Waals surface area contributed by atoms with Gasteiger partial charge in [0.15, 0.2) is 5.65 Å². The van der Waals surface area contributed by atoms with E-state index in [0.29, 0.717) is 28.0 Å². The first-order valence-electron chi connectivity index (χ1n) is 8.54. The van der Waals surface area contributed by atoms with Crippen molar-refractivity contribution in [1.82, 2.24) is 14.6 Å². The van der Waals surface area contributed by atoms with Crippen molar-refractivity contribution in [2.24, 2.45) is 5.92 Å². The van der Waals surface area contributed by atoms with Crippen LogP contribution in [0.5, 0.6) is 0 Å². The number of fused-ring (bicyclic) bond motifs is 3. The molecule has 1 unspecified atom stereocenters. The van der Waals surface area contributed by atoms with Crippen LogP contribution in [0.2, 0.25) is 10.2 Å². The molecule has 2 heterocycles. The maximum atomic E-state index is 12.3. The van der Waals surface area contributed by atoms with E-state index in [9.17, 15) is 4.79 Å². The van der Waals surface area contributed by atoms with E-state index in [4.69, 9.17) is 32.9 Å². The van der Waals surface area contributed by atoms with Gasteiger partial charge < -0.3 is 4.74 Å². The Bertz CT molecular complexity index is 1030. The molecule has 5 rings (SSSR count). The van der Waals surface area contributed by atoms with Gasteiger partial charge in [-0.15, -0.1) is 0 Å². The first-order chi connectivity index (χ1) is 12.6. The van der Waals surface area contributed by atoms with Crippen molar-refractivity contribution in [2.75, 3.05) is 6.61 Å². The van der Waals surface area contributed by atoms with Crippen molar-refractivity contribution in [3.63, 3.8) is 0 Å². The number of ether oxygens (including phenoxy) is 1. The second-order valence-corrected chi connectivity index (χ2v) is 7.74. The molecule has 1 fully saturated rings. The van der Waals surface area contributed by atoms with Crippen molar-refractivity contribution >= 4 is 34.8 Å². The first kappa shape index (κ1) is 16.1. The van der Waals surface area contributed by atoms with E-state index in [2.05, 4.69) is 5.10 Å². The summed E-state index contributed by atoms with van der Waals surface area (Å²) in [5, 5.41) is 5.25. The number of hydrogen-bond acceptors (Lipinski definition) is 4. The zero-order chi connectivity index (χ0) is 17.9. The summed E-state index contributed by atoms with van der Waals surface area (Å²) in [5.74, 6) is -0.115. The molecule has 132 valence electrons. The van der Waals surface area contributed by atoms with Crippen LogP contribution in [0.15, 0.2) is 36.5 Å². The Balaban J connectivity index is 1.43. The fourth-order valence-electron chi connectivity index (χ4n) is 4.03. The van der Waals surface area contributed by atoms with Gasteiger partial charge in [0.05, 0.1) is 24.1 Å². The number of esters is 1. The molecule has 7 heteroatoms. The number of aromatic nitrogens is 3. The molecular weight excluding hydrogens is 373 g/mol. The summed E-state index contributed by atoms with van der Waals surface area (Å²) in [4.78, 5) is 17.0. The van der Waals surface area contributed by atoms with E-state index in [0.717, 1.165) is 30.5 Å². The number of nitrogens with zero attached hydrogens (tertiary/aromatic N) is 3. The smallest absolute Gasteiger partial charge is 0.338 e. The molecular formula is C19H15Cl2N3O2. The van der Waals surface area contributed by atoms with E-state index in [-0.39, 0.29) is 17.3 Å². The molecule has 0 bridgehead atoms. The molecule has 1 spiro atoms. The highest BCUT2D eigenvalue weighted by atomic mass is 35.5. The molecule has 0 radical (unpaired) electrons. The standard InChI is InChI=1S/C19H15Cl2N3O2/c20-14-9-22-24-16(21)13-8-12(19(6-7-19)15(13)23-17(14)24)10-26-18(25)11-4-2-1-3-5-11/h1-5,9,12H,6-8,10H2. The van der Waals surface area contributed by atoms with Crippen LogP contribution < -0.4 is 0 Å². The van der Waals surface area contributed by atoms with Crippen LogP contribution in [0.3, 0.4) is 0 Å². The van der Waals surface area contributed by atoms with Gasteiger partial charge in [-0.3, -0.25) is 0 Å². The van der Waals surface area contributed by atoms with E-state index >= 15 is 0 Å². The minimum absolute atomic E-state index is 0.0503. The zero-order valence-corrected chi connectivity index (χ0v) is 15.3.